The van der Waals surface area contributed by atoms with Crippen LogP contribution in [-0.4, -0.2) is 6.61 Å². The molecule has 0 bridgehead atoms. The Balaban J connectivity index is 2.53. The fourth-order valence-corrected chi connectivity index (χ4v) is 1.51. The van der Waals surface area contributed by atoms with E-state index in [0.717, 1.165) is 17.7 Å². The molecule has 0 amide bonds. The zero-order valence-electron chi connectivity index (χ0n) is 7.66. The van der Waals surface area contributed by atoms with Gasteiger partial charge >= 0.3 is 0 Å². The van der Waals surface area contributed by atoms with Gasteiger partial charge < -0.3 is 10.5 Å². The average molecular weight is 186 g/mol. The van der Waals surface area contributed by atoms with E-state index in [0.29, 0.717) is 17.9 Å². The Morgan fingerprint density at radius 1 is 1.43 bits per heavy atom. The molecule has 0 saturated carbocycles. The van der Waals surface area contributed by atoms with Gasteiger partial charge in [0.05, 0.1) is 17.9 Å². The van der Waals surface area contributed by atoms with Crippen molar-refractivity contribution in [2.75, 3.05) is 12.3 Å². The molecular formula is C11H10N2O. The van der Waals surface area contributed by atoms with Crippen molar-refractivity contribution in [1.29, 1.82) is 5.26 Å². The number of rotatable bonds is 1. The molecule has 1 aliphatic rings. The molecule has 0 spiro atoms. The van der Waals surface area contributed by atoms with Gasteiger partial charge in [-0.2, -0.15) is 5.26 Å². The lowest BCUT2D eigenvalue weighted by Gasteiger charge is -2.07. The first-order valence-corrected chi connectivity index (χ1v) is 4.45. The van der Waals surface area contributed by atoms with Crippen molar-refractivity contribution in [1.82, 2.24) is 0 Å². The largest absolute Gasteiger partial charge is 0.493 e. The number of anilines is 1. The summed E-state index contributed by atoms with van der Waals surface area (Å²) in [6.07, 6.45) is 2.88. The summed E-state index contributed by atoms with van der Waals surface area (Å²) in [4.78, 5) is 0. The number of nitrogens with zero attached hydrogens (tertiary/aromatic N) is 1. The van der Waals surface area contributed by atoms with Crippen LogP contribution >= 0.6 is 0 Å². The van der Waals surface area contributed by atoms with E-state index >= 15 is 0 Å². The Bertz CT molecular complexity index is 429. The van der Waals surface area contributed by atoms with E-state index in [1.54, 1.807) is 6.07 Å². The van der Waals surface area contributed by atoms with Gasteiger partial charge in [-0.1, -0.05) is 6.07 Å². The van der Waals surface area contributed by atoms with E-state index in [1.807, 2.05) is 18.2 Å². The highest BCUT2D eigenvalue weighted by atomic mass is 16.5. The highest BCUT2D eigenvalue weighted by Gasteiger charge is 2.13. The topological polar surface area (TPSA) is 59.0 Å². The molecule has 0 atom stereocenters. The summed E-state index contributed by atoms with van der Waals surface area (Å²) in [7, 11) is 0. The third kappa shape index (κ3) is 1.31. The second kappa shape index (κ2) is 3.43. The third-order valence-electron chi connectivity index (χ3n) is 2.18. The zero-order valence-corrected chi connectivity index (χ0v) is 7.66. The summed E-state index contributed by atoms with van der Waals surface area (Å²) >= 11 is 0. The van der Waals surface area contributed by atoms with Crippen LogP contribution < -0.4 is 5.73 Å². The fraction of sp³-hybridized carbons (Fsp3) is 0.182. The minimum atomic E-state index is 0.501. The molecule has 0 radical (unpaired) electrons. The Kier molecular flexibility index (Phi) is 2.11. The van der Waals surface area contributed by atoms with E-state index < -0.39 is 0 Å². The van der Waals surface area contributed by atoms with Gasteiger partial charge in [-0.25, -0.2) is 0 Å². The summed E-state index contributed by atoms with van der Waals surface area (Å²) in [5, 5.41) is 8.95. The predicted octanol–water partition coefficient (Wildman–Crippen LogP) is 1.90. The maximum atomic E-state index is 8.95. The van der Waals surface area contributed by atoms with E-state index in [4.69, 9.17) is 15.7 Å². The van der Waals surface area contributed by atoms with Crippen LogP contribution in [0.1, 0.15) is 17.5 Å². The van der Waals surface area contributed by atoms with Crippen LogP contribution in [0.4, 0.5) is 5.69 Å². The van der Waals surface area contributed by atoms with Gasteiger partial charge in [0.1, 0.15) is 11.8 Å². The van der Waals surface area contributed by atoms with Crippen molar-refractivity contribution < 1.29 is 4.74 Å². The molecule has 0 unspecified atom stereocenters. The number of benzene rings is 1. The average Bonchev–Trinajstić information content (AvgIpc) is 2.70. The molecule has 1 aliphatic heterocycles. The standard InChI is InChI=1S/C11H10N2O/c12-7-9-8(3-1-4-10(9)13)11-5-2-6-14-11/h1,3-5H,2,6,13H2. The maximum Gasteiger partial charge on any atom is 0.124 e. The molecule has 14 heavy (non-hydrogen) atoms. The number of hydrogen-bond acceptors (Lipinski definition) is 3. The number of nitrogen functional groups attached to an aromatic ring is 1. The first-order valence-electron chi connectivity index (χ1n) is 4.45. The normalized spacial score (nSPS) is 14.4. The Morgan fingerprint density at radius 2 is 2.29 bits per heavy atom. The molecule has 1 heterocycles. The van der Waals surface area contributed by atoms with E-state index in [2.05, 4.69) is 6.07 Å². The summed E-state index contributed by atoms with van der Waals surface area (Å²) < 4.78 is 5.39. The number of hydrogen-bond donors (Lipinski definition) is 1. The summed E-state index contributed by atoms with van der Waals surface area (Å²) in [5.41, 5.74) is 7.49. The SMILES string of the molecule is N#Cc1c(N)cccc1C1=CCCO1. The van der Waals surface area contributed by atoms with Gasteiger partial charge in [0.25, 0.3) is 0 Å². The van der Waals surface area contributed by atoms with Crippen LogP contribution in [-0.2, 0) is 4.74 Å². The lowest BCUT2D eigenvalue weighted by atomic mass is 10.0. The van der Waals surface area contributed by atoms with Gasteiger partial charge in [-0.3, -0.25) is 0 Å². The smallest absolute Gasteiger partial charge is 0.124 e. The Labute approximate surface area is 82.4 Å². The van der Waals surface area contributed by atoms with Crippen molar-refractivity contribution in [3.63, 3.8) is 0 Å². The minimum absolute atomic E-state index is 0.501. The number of nitriles is 1. The Morgan fingerprint density at radius 3 is 2.93 bits per heavy atom. The zero-order chi connectivity index (χ0) is 9.97. The van der Waals surface area contributed by atoms with E-state index in [9.17, 15) is 0 Å². The van der Waals surface area contributed by atoms with Crippen molar-refractivity contribution in [2.45, 2.75) is 6.42 Å². The molecule has 0 aromatic heterocycles. The number of nitrogens with two attached hydrogens (primary N) is 1. The monoisotopic (exact) mass is 186 g/mol. The second-order valence-corrected chi connectivity index (χ2v) is 3.09. The molecule has 0 aliphatic carbocycles. The molecule has 1 aromatic rings. The molecular weight excluding hydrogens is 176 g/mol. The van der Waals surface area contributed by atoms with Crippen LogP contribution in [0.5, 0.6) is 0 Å². The lowest BCUT2D eigenvalue weighted by molar-refractivity contribution is 0.307. The highest BCUT2D eigenvalue weighted by molar-refractivity contribution is 5.73. The molecule has 70 valence electrons. The maximum absolute atomic E-state index is 8.95. The van der Waals surface area contributed by atoms with Crippen LogP contribution in [0.3, 0.4) is 0 Å². The molecule has 0 fully saturated rings. The minimum Gasteiger partial charge on any atom is -0.493 e. The molecule has 0 saturated heterocycles. The van der Waals surface area contributed by atoms with Gasteiger partial charge in [0.15, 0.2) is 0 Å². The first kappa shape index (κ1) is 8.64. The number of ether oxygens (including phenoxy) is 1. The van der Waals surface area contributed by atoms with Gasteiger partial charge in [0.2, 0.25) is 0 Å². The van der Waals surface area contributed by atoms with E-state index in [-0.39, 0.29) is 0 Å². The quantitative estimate of drug-likeness (QED) is 0.681. The molecule has 2 rings (SSSR count). The van der Waals surface area contributed by atoms with E-state index in [1.165, 1.54) is 0 Å². The molecule has 3 nitrogen and oxygen atoms in total. The molecule has 3 heteroatoms. The van der Waals surface area contributed by atoms with Crippen LogP contribution in [0, 0.1) is 11.3 Å². The van der Waals surface area contributed by atoms with Gasteiger partial charge in [0, 0.05) is 12.0 Å². The van der Waals surface area contributed by atoms with Gasteiger partial charge in [-0.15, -0.1) is 0 Å². The summed E-state index contributed by atoms with van der Waals surface area (Å²) in [5.74, 6) is 0.772. The highest BCUT2D eigenvalue weighted by Crippen LogP contribution is 2.27. The van der Waals surface area contributed by atoms with Crippen molar-refractivity contribution in [2.24, 2.45) is 0 Å². The lowest BCUT2D eigenvalue weighted by Crippen LogP contribution is -1.96. The van der Waals surface area contributed by atoms with Crippen LogP contribution in [0.25, 0.3) is 5.76 Å². The summed E-state index contributed by atoms with van der Waals surface area (Å²) in [6, 6.07) is 7.50. The third-order valence-corrected chi connectivity index (χ3v) is 2.18. The van der Waals surface area contributed by atoms with Crippen molar-refractivity contribution in [3.8, 4) is 6.07 Å². The van der Waals surface area contributed by atoms with Crippen LogP contribution in [0.15, 0.2) is 24.3 Å². The molecule has 2 N–H and O–H groups in total. The van der Waals surface area contributed by atoms with Crippen LogP contribution in [0.2, 0.25) is 0 Å². The Hall–Kier alpha value is -1.95. The fourth-order valence-electron chi connectivity index (χ4n) is 1.51. The second-order valence-electron chi connectivity index (χ2n) is 3.09. The molecule has 1 aromatic carbocycles. The summed E-state index contributed by atoms with van der Waals surface area (Å²) in [6.45, 7) is 0.689. The first-order chi connectivity index (χ1) is 6.83. The van der Waals surface area contributed by atoms with Crippen molar-refractivity contribution in [3.05, 3.63) is 35.4 Å². The predicted molar refractivity (Wildman–Crippen MR) is 54.1 cm³/mol. The van der Waals surface area contributed by atoms with Gasteiger partial charge in [-0.05, 0) is 18.2 Å². The van der Waals surface area contributed by atoms with Crippen molar-refractivity contribution >= 4 is 11.4 Å².